The fourth-order valence-corrected chi connectivity index (χ4v) is 1.43. The summed E-state index contributed by atoms with van der Waals surface area (Å²) in [4.78, 5) is 7.32. The van der Waals surface area contributed by atoms with E-state index in [-0.39, 0.29) is 5.95 Å². The van der Waals surface area contributed by atoms with E-state index in [0.717, 1.165) is 7.11 Å². The summed E-state index contributed by atoms with van der Waals surface area (Å²) in [6, 6.07) is 8.87. The number of benzene rings is 1. The Kier molecular flexibility index (Phi) is 3.55. The molecule has 19 heavy (non-hydrogen) atoms. The average molecular weight is 269 g/mol. The summed E-state index contributed by atoms with van der Waals surface area (Å²) in [5.41, 5.74) is -0.335. The van der Waals surface area contributed by atoms with Gasteiger partial charge in [-0.25, -0.2) is 4.98 Å². The van der Waals surface area contributed by atoms with E-state index in [1.54, 1.807) is 24.3 Å². The van der Waals surface area contributed by atoms with Gasteiger partial charge in [-0.05, 0) is 12.1 Å². The van der Waals surface area contributed by atoms with E-state index in [4.69, 9.17) is 0 Å². The largest absolute Gasteiger partial charge is 0.480 e. The Morgan fingerprint density at radius 1 is 1.16 bits per heavy atom. The molecule has 0 unspecified atom stereocenters. The molecule has 0 fully saturated rings. The van der Waals surface area contributed by atoms with Crippen molar-refractivity contribution in [3.63, 3.8) is 0 Å². The lowest BCUT2D eigenvalue weighted by Crippen LogP contribution is -2.11. The van der Waals surface area contributed by atoms with Crippen molar-refractivity contribution in [2.75, 3.05) is 12.4 Å². The molecule has 1 aromatic heterocycles. The molecule has 2 rings (SSSR count). The summed E-state index contributed by atoms with van der Waals surface area (Å²) in [5, 5.41) is 2.79. The monoisotopic (exact) mass is 269 g/mol. The molecule has 0 aliphatic heterocycles. The highest BCUT2D eigenvalue weighted by Crippen LogP contribution is 2.34. The number of alkyl halides is 3. The second-order valence-electron chi connectivity index (χ2n) is 3.61. The number of hydrogen-bond acceptors (Lipinski definition) is 4. The van der Waals surface area contributed by atoms with Crippen LogP contribution in [0.2, 0.25) is 0 Å². The number of aromatic nitrogens is 2. The molecular weight excluding hydrogens is 259 g/mol. The van der Waals surface area contributed by atoms with E-state index in [0.29, 0.717) is 11.9 Å². The maximum Gasteiger partial charge on any atom is 0.423 e. The van der Waals surface area contributed by atoms with E-state index in [2.05, 4.69) is 20.0 Å². The summed E-state index contributed by atoms with van der Waals surface area (Å²) in [5.74, 6) is -0.475. The van der Waals surface area contributed by atoms with Gasteiger partial charge in [-0.2, -0.15) is 18.2 Å². The minimum atomic E-state index is -4.55. The molecule has 0 aliphatic carbocycles. The smallest absolute Gasteiger partial charge is 0.423 e. The molecule has 0 radical (unpaired) electrons. The number of nitrogens with zero attached hydrogens (tertiary/aromatic N) is 2. The topological polar surface area (TPSA) is 47.0 Å². The fourth-order valence-electron chi connectivity index (χ4n) is 1.43. The Hall–Kier alpha value is -2.31. The minimum absolute atomic E-state index is 0.0380. The second-order valence-corrected chi connectivity index (χ2v) is 3.61. The maximum atomic E-state index is 12.6. The molecule has 0 saturated carbocycles. The van der Waals surface area contributed by atoms with Gasteiger partial charge in [0.2, 0.25) is 11.8 Å². The molecule has 4 nitrogen and oxygen atoms in total. The number of nitrogens with one attached hydrogen (secondary N) is 1. The van der Waals surface area contributed by atoms with Crippen molar-refractivity contribution in [1.29, 1.82) is 0 Å². The van der Waals surface area contributed by atoms with Crippen LogP contribution in [0.1, 0.15) is 5.56 Å². The molecule has 1 heterocycles. The molecule has 0 spiro atoms. The number of anilines is 2. The van der Waals surface area contributed by atoms with Gasteiger partial charge < -0.3 is 10.1 Å². The molecule has 0 bridgehead atoms. The summed E-state index contributed by atoms with van der Waals surface area (Å²) in [6.45, 7) is 0. The van der Waals surface area contributed by atoms with E-state index in [1.165, 1.54) is 0 Å². The first-order valence-electron chi connectivity index (χ1n) is 5.31. The van der Waals surface area contributed by atoms with Crippen molar-refractivity contribution in [2.24, 2.45) is 0 Å². The summed E-state index contributed by atoms with van der Waals surface area (Å²) >= 11 is 0. The molecule has 0 amide bonds. The van der Waals surface area contributed by atoms with Gasteiger partial charge in [-0.3, -0.25) is 0 Å². The van der Waals surface area contributed by atoms with Crippen molar-refractivity contribution in [2.45, 2.75) is 6.18 Å². The second kappa shape index (κ2) is 5.13. The molecule has 0 saturated heterocycles. The van der Waals surface area contributed by atoms with Gasteiger partial charge in [0.25, 0.3) is 0 Å². The lowest BCUT2D eigenvalue weighted by Gasteiger charge is -2.12. The molecular formula is C12H10F3N3O. The predicted molar refractivity (Wildman–Crippen MR) is 63.3 cm³/mol. The normalized spacial score (nSPS) is 11.2. The number of para-hydroxylation sites is 1. The third-order valence-electron chi connectivity index (χ3n) is 2.28. The summed E-state index contributed by atoms with van der Waals surface area (Å²) in [7, 11) is 1.13. The van der Waals surface area contributed by atoms with Crippen LogP contribution in [0.4, 0.5) is 24.8 Å². The summed E-state index contributed by atoms with van der Waals surface area (Å²) in [6.07, 6.45) is -3.85. The first-order chi connectivity index (χ1) is 9.00. The number of rotatable bonds is 3. The molecule has 100 valence electrons. The van der Waals surface area contributed by atoms with E-state index in [1.807, 2.05) is 6.07 Å². The van der Waals surface area contributed by atoms with Crippen molar-refractivity contribution in [3.05, 3.63) is 42.1 Å². The minimum Gasteiger partial charge on any atom is -0.480 e. The van der Waals surface area contributed by atoms with Gasteiger partial charge in [0.1, 0.15) is 5.56 Å². The zero-order chi connectivity index (χ0) is 13.9. The van der Waals surface area contributed by atoms with Crippen LogP contribution in [0, 0.1) is 0 Å². The number of hydrogen-bond donors (Lipinski definition) is 1. The number of halogens is 3. The highest BCUT2D eigenvalue weighted by atomic mass is 19.4. The van der Waals surface area contributed by atoms with Crippen LogP contribution in [0.3, 0.4) is 0 Å². The molecule has 1 N–H and O–H groups in total. The first-order valence-corrected chi connectivity index (χ1v) is 5.31. The van der Waals surface area contributed by atoms with Gasteiger partial charge in [-0.15, -0.1) is 0 Å². The first kappa shape index (κ1) is 13.1. The fraction of sp³-hybridized carbons (Fsp3) is 0.167. The van der Waals surface area contributed by atoms with Gasteiger partial charge >= 0.3 is 6.18 Å². The van der Waals surface area contributed by atoms with Crippen LogP contribution < -0.4 is 10.1 Å². The number of ether oxygens (including phenoxy) is 1. The highest BCUT2D eigenvalue weighted by Gasteiger charge is 2.36. The Bertz CT molecular complexity index is 558. The van der Waals surface area contributed by atoms with E-state index >= 15 is 0 Å². The van der Waals surface area contributed by atoms with Crippen LogP contribution in [0.5, 0.6) is 5.88 Å². The van der Waals surface area contributed by atoms with Gasteiger partial charge in [0.05, 0.1) is 7.11 Å². The third kappa shape index (κ3) is 3.12. The lowest BCUT2D eigenvalue weighted by molar-refractivity contribution is -0.139. The van der Waals surface area contributed by atoms with Gasteiger partial charge in [0.15, 0.2) is 0 Å². The lowest BCUT2D eigenvalue weighted by atomic mass is 10.3. The van der Waals surface area contributed by atoms with Crippen LogP contribution >= 0.6 is 0 Å². The van der Waals surface area contributed by atoms with Gasteiger partial charge in [0, 0.05) is 11.9 Å². The standard InChI is InChI=1S/C12H10F3N3O/c1-19-10-9(12(13,14)15)7-16-11(18-10)17-8-5-3-2-4-6-8/h2-7H,1H3,(H,16,17,18). The van der Waals surface area contributed by atoms with E-state index < -0.39 is 17.6 Å². The quantitative estimate of drug-likeness (QED) is 0.929. The zero-order valence-electron chi connectivity index (χ0n) is 9.90. The number of methoxy groups -OCH3 is 1. The zero-order valence-corrected chi connectivity index (χ0v) is 9.90. The Morgan fingerprint density at radius 3 is 2.42 bits per heavy atom. The Labute approximate surface area is 107 Å². The van der Waals surface area contributed by atoms with Crippen molar-refractivity contribution < 1.29 is 17.9 Å². The molecule has 0 atom stereocenters. The maximum absolute atomic E-state index is 12.6. The van der Waals surface area contributed by atoms with Crippen LogP contribution in [0.15, 0.2) is 36.5 Å². The average Bonchev–Trinajstić information content (AvgIpc) is 2.38. The van der Waals surface area contributed by atoms with Crippen LogP contribution in [-0.4, -0.2) is 17.1 Å². The Balaban J connectivity index is 2.30. The predicted octanol–water partition coefficient (Wildman–Crippen LogP) is 3.25. The van der Waals surface area contributed by atoms with Crippen molar-refractivity contribution >= 4 is 11.6 Å². The molecule has 0 aliphatic rings. The van der Waals surface area contributed by atoms with Gasteiger partial charge in [-0.1, -0.05) is 18.2 Å². The van der Waals surface area contributed by atoms with E-state index in [9.17, 15) is 13.2 Å². The highest BCUT2D eigenvalue weighted by molar-refractivity contribution is 5.53. The third-order valence-corrected chi connectivity index (χ3v) is 2.28. The van der Waals surface area contributed by atoms with Crippen molar-refractivity contribution in [1.82, 2.24) is 9.97 Å². The molecule has 1 aromatic carbocycles. The van der Waals surface area contributed by atoms with Crippen LogP contribution in [0.25, 0.3) is 0 Å². The van der Waals surface area contributed by atoms with Crippen molar-refractivity contribution in [3.8, 4) is 5.88 Å². The molecule has 2 aromatic rings. The Morgan fingerprint density at radius 2 is 1.84 bits per heavy atom. The van der Waals surface area contributed by atoms with Crippen LogP contribution in [-0.2, 0) is 6.18 Å². The molecule has 7 heteroatoms. The summed E-state index contributed by atoms with van der Waals surface area (Å²) < 4.78 is 42.5. The SMILES string of the molecule is COc1nc(Nc2ccccc2)ncc1C(F)(F)F.